The Kier molecular flexibility index (Phi) is 3.30. The number of ether oxygens (including phenoxy) is 1. The lowest BCUT2D eigenvalue weighted by Gasteiger charge is -2.10. The van der Waals surface area contributed by atoms with Gasteiger partial charge in [-0.25, -0.2) is 9.78 Å². The fourth-order valence-electron chi connectivity index (χ4n) is 2.84. The molecule has 0 N–H and O–H groups in total. The van der Waals surface area contributed by atoms with E-state index in [9.17, 15) is 4.79 Å². The highest BCUT2D eigenvalue weighted by atomic mass is 16.5. The zero-order chi connectivity index (χ0) is 14.1. The Bertz CT molecular complexity index is 658. The number of esters is 1. The van der Waals surface area contributed by atoms with Crippen LogP contribution in [0.2, 0.25) is 0 Å². The van der Waals surface area contributed by atoms with Gasteiger partial charge in [0.05, 0.1) is 13.3 Å². The monoisotopic (exact) mass is 270 g/mol. The molecule has 20 heavy (non-hydrogen) atoms. The summed E-state index contributed by atoms with van der Waals surface area (Å²) in [6, 6.07) is 6.61. The van der Waals surface area contributed by atoms with Gasteiger partial charge in [-0.05, 0) is 42.9 Å². The molecule has 4 nitrogen and oxygen atoms in total. The Morgan fingerprint density at radius 1 is 1.35 bits per heavy atom. The molecule has 0 bridgehead atoms. The Labute approximate surface area is 118 Å². The number of rotatable bonds is 3. The standard InChI is InChI=1S/C16H18N2O2/c1-11-17-9-15(16(19)20-2)18(11)10-12-6-7-13-4-3-5-14(13)8-12/h6-9H,3-5,10H2,1-2H3. The molecule has 1 aliphatic carbocycles. The van der Waals surface area contributed by atoms with Gasteiger partial charge in [0.25, 0.3) is 0 Å². The average molecular weight is 270 g/mol. The molecule has 0 amide bonds. The molecule has 1 heterocycles. The van der Waals surface area contributed by atoms with Crippen LogP contribution >= 0.6 is 0 Å². The smallest absolute Gasteiger partial charge is 0.356 e. The first-order valence-corrected chi connectivity index (χ1v) is 6.90. The van der Waals surface area contributed by atoms with E-state index < -0.39 is 0 Å². The van der Waals surface area contributed by atoms with Crippen molar-refractivity contribution in [3.63, 3.8) is 0 Å². The summed E-state index contributed by atoms with van der Waals surface area (Å²) in [5, 5.41) is 0. The molecule has 0 radical (unpaired) electrons. The highest BCUT2D eigenvalue weighted by Crippen LogP contribution is 2.23. The molecular formula is C16H18N2O2. The van der Waals surface area contributed by atoms with Crippen LogP contribution in [0.3, 0.4) is 0 Å². The topological polar surface area (TPSA) is 44.1 Å². The Hall–Kier alpha value is -2.10. The van der Waals surface area contributed by atoms with Crippen LogP contribution in [0.1, 0.15) is 39.4 Å². The summed E-state index contributed by atoms with van der Waals surface area (Å²) in [6.45, 7) is 2.56. The number of carbonyl (C=O) groups excluding carboxylic acids is 1. The fourth-order valence-corrected chi connectivity index (χ4v) is 2.84. The Balaban J connectivity index is 1.91. The summed E-state index contributed by atoms with van der Waals surface area (Å²) >= 11 is 0. The van der Waals surface area contributed by atoms with E-state index in [2.05, 4.69) is 23.2 Å². The van der Waals surface area contributed by atoms with Crippen LogP contribution in [0.15, 0.2) is 24.4 Å². The molecule has 0 fully saturated rings. The van der Waals surface area contributed by atoms with Crippen LogP contribution < -0.4 is 0 Å². The van der Waals surface area contributed by atoms with Gasteiger partial charge in [0.15, 0.2) is 0 Å². The normalized spacial score (nSPS) is 13.3. The van der Waals surface area contributed by atoms with Gasteiger partial charge in [-0.1, -0.05) is 18.2 Å². The van der Waals surface area contributed by atoms with E-state index >= 15 is 0 Å². The van der Waals surface area contributed by atoms with Gasteiger partial charge in [-0.15, -0.1) is 0 Å². The van der Waals surface area contributed by atoms with E-state index in [0.29, 0.717) is 12.2 Å². The third kappa shape index (κ3) is 2.22. The molecule has 104 valence electrons. The minimum absolute atomic E-state index is 0.341. The van der Waals surface area contributed by atoms with E-state index in [1.54, 1.807) is 6.20 Å². The van der Waals surface area contributed by atoms with Crippen LogP contribution in [0.5, 0.6) is 0 Å². The van der Waals surface area contributed by atoms with Gasteiger partial charge in [0, 0.05) is 6.54 Å². The van der Waals surface area contributed by atoms with Crippen LogP contribution in [-0.2, 0) is 24.1 Å². The zero-order valence-electron chi connectivity index (χ0n) is 11.8. The Morgan fingerprint density at radius 2 is 2.15 bits per heavy atom. The summed E-state index contributed by atoms with van der Waals surface area (Å²) in [7, 11) is 1.39. The number of benzene rings is 1. The molecular weight excluding hydrogens is 252 g/mol. The van der Waals surface area contributed by atoms with Crippen molar-refractivity contribution >= 4 is 5.97 Å². The van der Waals surface area contributed by atoms with Crippen molar-refractivity contribution < 1.29 is 9.53 Å². The van der Waals surface area contributed by atoms with Crippen LogP contribution in [0, 0.1) is 6.92 Å². The van der Waals surface area contributed by atoms with Gasteiger partial charge in [-0.2, -0.15) is 0 Å². The minimum Gasteiger partial charge on any atom is -0.464 e. The highest BCUT2D eigenvalue weighted by Gasteiger charge is 2.16. The quantitative estimate of drug-likeness (QED) is 0.805. The van der Waals surface area contributed by atoms with Crippen LogP contribution in [0.25, 0.3) is 0 Å². The molecule has 4 heteroatoms. The highest BCUT2D eigenvalue weighted by molar-refractivity contribution is 5.87. The molecule has 0 unspecified atom stereocenters. The maximum absolute atomic E-state index is 11.7. The van der Waals surface area contributed by atoms with Crippen molar-refractivity contribution in [2.24, 2.45) is 0 Å². The summed E-state index contributed by atoms with van der Waals surface area (Å²) in [6.07, 6.45) is 5.17. The van der Waals surface area contributed by atoms with E-state index in [0.717, 1.165) is 12.2 Å². The number of hydrogen-bond acceptors (Lipinski definition) is 3. The van der Waals surface area contributed by atoms with Gasteiger partial charge in [0.1, 0.15) is 11.5 Å². The third-order valence-corrected chi connectivity index (χ3v) is 3.95. The zero-order valence-corrected chi connectivity index (χ0v) is 11.8. The number of aromatic nitrogens is 2. The lowest BCUT2D eigenvalue weighted by Crippen LogP contribution is -2.12. The number of nitrogens with zero attached hydrogens (tertiary/aromatic N) is 2. The molecule has 1 aromatic carbocycles. The predicted octanol–water partition coefficient (Wildman–Crippen LogP) is 2.52. The maximum Gasteiger partial charge on any atom is 0.356 e. The number of hydrogen-bond donors (Lipinski definition) is 0. The summed E-state index contributed by atoms with van der Waals surface area (Å²) < 4.78 is 6.71. The third-order valence-electron chi connectivity index (χ3n) is 3.95. The first-order chi connectivity index (χ1) is 9.69. The van der Waals surface area contributed by atoms with E-state index in [-0.39, 0.29) is 5.97 Å². The number of aryl methyl sites for hydroxylation is 3. The van der Waals surface area contributed by atoms with Crippen molar-refractivity contribution in [1.82, 2.24) is 9.55 Å². The van der Waals surface area contributed by atoms with Crippen molar-refractivity contribution in [2.45, 2.75) is 32.7 Å². The second-order valence-electron chi connectivity index (χ2n) is 5.22. The van der Waals surface area contributed by atoms with Crippen molar-refractivity contribution in [3.8, 4) is 0 Å². The molecule has 3 rings (SSSR count). The van der Waals surface area contributed by atoms with Gasteiger partial charge in [0.2, 0.25) is 0 Å². The number of methoxy groups -OCH3 is 1. The van der Waals surface area contributed by atoms with E-state index in [4.69, 9.17) is 4.74 Å². The first-order valence-electron chi connectivity index (χ1n) is 6.90. The molecule has 2 aromatic rings. The van der Waals surface area contributed by atoms with Crippen LogP contribution in [0.4, 0.5) is 0 Å². The second kappa shape index (κ2) is 5.12. The second-order valence-corrected chi connectivity index (χ2v) is 5.22. The molecule has 0 saturated carbocycles. The summed E-state index contributed by atoms with van der Waals surface area (Å²) in [5.41, 5.74) is 4.62. The summed E-state index contributed by atoms with van der Waals surface area (Å²) in [5.74, 6) is 0.484. The van der Waals surface area contributed by atoms with Gasteiger partial charge in [-0.3, -0.25) is 0 Å². The fraction of sp³-hybridized carbons (Fsp3) is 0.375. The number of imidazole rings is 1. The first kappa shape index (κ1) is 12.9. The van der Waals surface area contributed by atoms with Gasteiger partial charge >= 0.3 is 5.97 Å². The number of fused-ring (bicyclic) bond motifs is 1. The van der Waals surface area contributed by atoms with Crippen molar-refractivity contribution in [1.29, 1.82) is 0 Å². The predicted molar refractivity (Wildman–Crippen MR) is 75.9 cm³/mol. The van der Waals surface area contributed by atoms with Crippen molar-refractivity contribution in [2.75, 3.05) is 7.11 Å². The number of carbonyl (C=O) groups is 1. The molecule has 0 saturated heterocycles. The van der Waals surface area contributed by atoms with Crippen molar-refractivity contribution in [3.05, 3.63) is 52.6 Å². The largest absolute Gasteiger partial charge is 0.464 e. The lowest BCUT2D eigenvalue weighted by molar-refractivity contribution is 0.0588. The maximum atomic E-state index is 11.7. The molecule has 1 aliphatic rings. The van der Waals surface area contributed by atoms with E-state index in [1.807, 2.05) is 11.5 Å². The summed E-state index contributed by atoms with van der Waals surface area (Å²) in [4.78, 5) is 16.0. The lowest BCUT2D eigenvalue weighted by atomic mass is 10.1. The molecule has 0 atom stereocenters. The van der Waals surface area contributed by atoms with E-state index in [1.165, 1.54) is 36.6 Å². The molecule has 0 aliphatic heterocycles. The minimum atomic E-state index is -0.341. The van der Waals surface area contributed by atoms with Crippen LogP contribution in [-0.4, -0.2) is 22.6 Å². The average Bonchev–Trinajstić information content (AvgIpc) is 3.05. The SMILES string of the molecule is COC(=O)c1cnc(C)n1Cc1ccc2c(c1)CCC2. The molecule has 1 aromatic heterocycles. The van der Waals surface area contributed by atoms with Gasteiger partial charge < -0.3 is 9.30 Å². The molecule has 0 spiro atoms. The Morgan fingerprint density at radius 3 is 2.95 bits per heavy atom.